The minimum absolute atomic E-state index is 0.0224. The quantitative estimate of drug-likeness (QED) is 0.150. The maximum atomic E-state index is 12.5. The number of nitro groups is 1. The third kappa shape index (κ3) is 4.67. The molecule has 1 saturated carbocycles. The molecule has 1 aliphatic carbocycles. The summed E-state index contributed by atoms with van der Waals surface area (Å²) in [6, 6.07) is 20.1. The van der Waals surface area contributed by atoms with Crippen molar-refractivity contribution in [3.63, 3.8) is 0 Å². The Labute approximate surface area is 223 Å². The topological polar surface area (TPSA) is 81.5 Å². The van der Waals surface area contributed by atoms with Crippen molar-refractivity contribution >= 4 is 52.3 Å². The van der Waals surface area contributed by atoms with E-state index in [4.69, 9.17) is 27.9 Å². The number of para-hydroxylation sites is 1. The smallest absolute Gasteiger partial charge is 0.338 e. The monoisotopic (exact) mass is 542 g/mol. The molecule has 2 aliphatic rings. The Kier molecular flexibility index (Phi) is 7.15. The van der Waals surface area contributed by atoms with E-state index < -0.39 is 0 Å². The minimum Gasteiger partial charge on any atom is -0.462 e. The first-order valence-electron chi connectivity index (χ1n) is 11.7. The van der Waals surface area contributed by atoms with Crippen molar-refractivity contribution < 1.29 is 14.5 Å². The Morgan fingerprint density at radius 2 is 1.92 bits per heavy atom. The number of nitro benzene ring substituents is 1. The van der Waals surface area contributed by atoms with Crippen molar-refractivity contribution in [1.82, 2.24) is 0 Å². The maximum Gasteiger partial charge on any atom is 0.338 e. The number of nitrogens with zero attached hydrogens (tertiary/aromatic N) is 1. The number of nitrogens with one attached hydrogen (secondary N) is 1. The van der Waals surface area contributed by atoms with Crippen LogP contribution in [0.1, 0.15) is 46.8 Å². The van der Waals surface area contributed by atoms with Crippen LogP contribution in [-0.2, 0) is 4.74 Å². The molecule has 5 rings (SSSR count). The number of carbonyl (C=O) groups excluding carboxylic acids is 1. The molecular weight excluding hydrogens is 519 g/mol. The maximum absolute atomic E-state index is 12.5. The molecule has 0 saturated heterocycles. The van der Waals surface area contributed by atoms with Crippen LogP contribution in [-0.4, -0.2) is 28.1 Å². The Morgan fingerprint density at radius 1 is 1.17 bits per heavy atom. The predicted octanol–water partition coefficient (Wildman–Crippen LogP) is 7.46. The molecule has 1 aliphatic heterocycles. The van der Waals surface area contributed by atoms with Crippen LogP contribution in [0.2, 0.25) is 5.02 Å². The minimum atomic E-state index is -0.369. The Balaban J connectivity index is 1.54. The van der Waals surface area contributed by atoms with Gasteiger partial charge in [0, 0.05) is 27.9 Å². The second-order valence-corrected chi connectivity index (χ2v) is 11.2. The van der Waals surface area contributed by atoms with Crippen molar-refractivity contribution in [3.8, 4) is 0 Å². The molecule has 186 valence electrons. The molecular formula is C27H24Cl2N2O4S. The van der Waals surface area contributed by atoms with Crippen molar-refractivity contribution in [2.75, 3.05) is 11.9 Å². The van der Waals surface area contributed by atoms with Gasteiger partial charge in [-0.2, -0.15) is 0 Å². The van der Waals surface area contributed by atoms with E-state index in [2.05, 4.69) is 5.32 Å². The van der Waals surface area contributed by atoms with Crippen LogP contribution in [0.4, 0.5) is 11.4 Å². The SMILES string of the molecule is CCOC(=O)c1ccc2c(c1)[C@@H]1[C@H](Cl)[C@H](Sc3ccccc3[N+](=O)[O-])C[C@@H]1[C@H](c1ccc(Cl)cc1)N2. The molecule has 3 aromatic rings. The van der Waals surface area contributed by atoms with E-state index in [-0.39, 0.29) is 45.1 Å². The van der Waals surface area contributed by atoms with Gasteiger partial charge >= 0.3 is 5.97 Å². The predicted molar refractivity (Wildman–Crippen MR) is 143 cm³/mol. The summed E-state index contributed by atoms with van der Waals surface area (Å²) >= 11 is 14.8. The highest BCUT2D eigenvalue weighted by molar-refractivity contribution is 8.00. The number of hydrogen-bond donors (Lipinski definition) is 1. The highest BCUT2D eigenvalue weighted by Crippen LogP contribution is 2.58. The molecule has 0 bridgehead atoms. The zero-order valence-electron chi connectivity index (χ0n) is 19.4. The average molecular weight is 543 g/mol. The van der Waals surface area contributed by atoms with Gasteiger partial charge < -0.3 is 10.1 Å². The number of hydrogen-bond acceptors (Lipinski definition) is 6. The molecule has 0 spiro atoms. The van der Waals surface area contributed by atoms with Gasteiger partial charge in [-0.25, -0.2) is 4.79 Å². The molecule has 0 amide bonds. The molecule has 5 atom stereocenters. The van der Waals surface area contributed by atoms with Gasteiger partial charge in [0.2, 0.25) is 0 Å². The summed E-state index contributed by atoms with van der Waals surface area (Å²) in [6.07, 6.45) is 0.749. The largest absolute Gasteiger partial charge is 0.462 e. The fourth-order valence-electron chi connectivity index (χ4n) is 5.33. The molecule has 36 heavy (non-hydrogen) atoms. The lowest BCUT2D eigenvalue weighted by Gasteiger charge is -2.38. The van der Waals surface area contributed by atoms with Crippen LogP contribution in [0, 0.1) is 16.0 Å². The van der Waals surface area contributed by atoms with Crippen LogP contribution in [0.25, 0.3) is 0 Å². The van der Waals surface area contributed by atoms with Gasteiger partial charge in [0.05, 0.1) is 33.4 Å². The summed E-state index contributed by atoms with van der Waals surface area (Å²) in [5, 5.41) is 15.6. The fraction of sp³-hybridized carbons (Fsp3) is 0.296. The van der Waals surface area contributed by atoms with Gasteiger partial charge in [-0.05, 0) is 66.8 Å². The van der Waals surface area contributed by atoms with Crippen LogP contribution in [0.3, 0.4) is 0 Å². The lowest BCUT2D eigenvalue weighted by Crippen LogP contribution is -2.31. The lowest BCUT2D eigenvalue weighted by molar-refractivity contribution is -0.387. The van der Waals surface area contributed by atoms with E-state index >= 15 is 0 Å². The zero-order valence-corrected chi connectivity index (χ0v) is 21.7. The number of ether oxygens (including phenoxy) is 1. The summed E-state index contributed by atoms with van der Waals surface area (Å²) in [5.74, 6) is -0.316. The fourth-order valence-corrected chi connectivity index (χ4v) is 7.40. The first kappa shape index (κ1) is 24.9. The van der Waals surface area contributed by atoms with Crippen molar-refractivity contribution in [1.29, 1.82) is 0 Å². The number of carbonyl (C=O) groups is 1. The number of halogens is 2. The van der Waals surface area contributed by atoms with Crippen LogP contribution >= 0.6 is 35.0 Å². The van der Waals surface area contributed by atoms with Gasteiger partial charge in [0.1, 0.15) is 0 Å². The number of alkyl halides is 1. The first-order valence-corrected chi connectivity index (χ1v) is 13.4. The molecule has 1 heterocycles. The number of thioether (sulfide) groups is 1. The zero-order chi connectivity index (χ0) is 25.4. The van der Waals surface area contributed by atoms with E-state index in [1.807, 2.05) is 36.4 Å². The highest BCUT2D eigenvalue weighted by Gasteiger charge is 2.50. The van der Waals surface area contributed by atoms with Gasteiger partial charge in [-0.15, -0.1) is 23.4 Å². The Bertz CT molecular complexity index is 1300. The Hall–Kier alpha value is -2.74. The van der Waals surface area contributed by atoms with E-state index in [9.17, 15) is 14.9 Å². The second kappa shape index (κ2) is 10.3. The molecule has 0 radical (unpaired) electrons. The third-order valence-electron chi connectivity index (χ3n) is 6.89. The molecule has 0 aromatic heterocycles. The number of esters is 1. The van der Waals surface area contributed by atoms with Gasteiger partial charge in [-0.3, -0.25) is 10.1 Å². The van der Waals surface area contributed by atoms with Crippen molar-refractivity contribution in [2.24, 2.45) is 5.92 Å². The van der Waals surface area contributed by atoms with Crippen LogP contribution in [0.15, 0.2) is 71.6 Å². The summed E-state index contributed by atoms with van der Waals surface area (Å²) in [7, 11) is 0. The number of fused-ring (bicyclic) bond motifs is 3. The van der Waals surface area contributed by atoms with Gasteiger partial charge in [-0.1, -0.05) is 35.9 Å². The molecule has 1 N–H and O–H groups in total. The van der Waals surface area contributed by atoms with Gasteiger partial charge in [0.25, 0.3) is 5.69 Å². The third-order valence-corrected chi connectivity index (χ3v) is 9.26. The summed E-state index contributed by atoms with van der Waals surface area (Å²) in [4.78, 5) is 24.3. The summed E-state index contributed by atoms with van der Waals surface area (Å²) in [5.41, 5.74) is 3.56. The van der Waals surface area contributed by atoms with Crippen LogP contribution < -0.4 is 5.32 Å². The number of anilines is 1. The summed E-state index contributed by atoms with van der Waals surface area (Å²) < 4.78 is 5.22. The summed E-state index contributed by atoms with van der Waals surface area (Å²) in [6.45, 7) is 2.08. The average Bonchev–Trinajstić information content (AvgIpc) is 3.20. The van der Waals surface area contributed by atoms with E-state index in [0.29, 0.717) is 22.1 Å². The van der Waals surface area contributed by atoms with E-state index in [0.717, 1.165) is 23.2 Å². The van der Waals surface area contributed by atoms with Crippen molar-refractivity contribution in [3.05, 3.63) is 98.6 Å². The first-order chi connectivity index (χ1) is 17.4. The molecule has 3 aromatic carbocycles. The number of rotatable bonds is 6. The van der Waals surface area contributed by atoms with E-state index in [1.54, 1.807) is 31.2 Å². The van der Waals surface area contributed by atoms with Gasteiger partial charge in [0.15, 0.2) is 0 Å². The Morgan fingerprint density at radius 3 is 2.64 bits per heavy atom. The molecule has 0 unspecified atom stereocenters. The standard InChI is InChI=1S/C27H24Cl2N2O4S/c1-2-35-27(32)16-9-12-20-18(13-16)24-19(26(30-20)15-7-10-17(28)11-8-15)14-23(25(24)29)36-22-6-4-3-5-21(22)31(33)34/h3-13,19,23-26,30H,2,14H2,1H3/t19-,23+,24-,25+,26-/m0/s1. The lowest BCUT2D eigenvalue weighted by atomic mass is 9.77. The van der Waals surface area contributed by atoms with Crippen LogP contribution in [0.5, 0.6) is 0 Å². The van der Waals surface area contributed by atoms with E-state index in [1.165, 1.54) is 17.8 Å². The normalized spacial score (nSPS) is 24.4. The molecule has 9 heteroatoms. The molecule has 1 fully saturated rings. The second-order valence-electron chi connectivity index (χ2n) is 8.95. The van der Waals surface area contributed by atoms with Crippen molar-refractivity contribution in [2.45, 2.75) is 40.8 Å². The number of benzene rings is 3. The highest BCUT2D eigenvalue weighted by atomic mass is 35.5. The molecule has 6 nitrogen and oxygen atoms in total.